The average Bonchev–Trinajstić information content (AvgIpc) is 2.30. The fraction of sp³-hybridized carbons (Fsp3) is 0.300. The van der Waals surface area contributed by atoms with Crippen LogP contribution >= 0.6 is 11.6 Å². The van der Waals surface area contributed by atoms with E-state index in [1.165, 1.54) is 7.11 Å². The first-order chi connectivity index (χ1) is 7.24. The Hall–Kier alpha value is -1.42. The van der Waals surface area contributed by atoms with Crippen LogP contribution in [0, 0.1) is 4.91 Å². The zero-order valence-corrected chi connectivity index (χ0v) is 8.90. The maximum atomic E-state index is 11.3. The van der Waals surface area contributed by atoms with E-state index in [2.05, 4.69) is 9.91 Å². The van der Waals surface area contributed by atoms with Gasteiger partial charge in [0.1, 0.15) is 0 Å². The Bertz CT molecular complexity index is 367. The summed E-state index contributed by atoms with van der Waals surface area (Å²) in [5.74, 6) is -0.457. The SMILES string of the molecule is COC(=O)C(N=O)c1ccccc1CCl. The van der Waals surface area contributed by atoms with Gasteiger partial charge >= 0.3 is 5.97 Å². The molecule has 1 aromatic carbocycles. The highest BCUT2D eigenvalue weighted by atomic mass is 35.5. The van der Waals surface area contributed by atoms with Crippen LogP contribution in [0.15, 0.2) is 29.4 Å². The van der Waals surface area contributed by atoms with E-state index in [4.69, 9.17) is 11.6 Å². The number of halogens is 1. The van der Waals surface area contributed by atoms with Gasteiger partial charge in [0.15, 0.2) is 0 Å². The molecule has 0 aliphatic carbocycles. The standard InChI is InChI=1S/C10H10ClNO3/c1-15-10(13)9(12-14)8-5-3-2-4-7(8)6-11/h2-5,9H,6H2,1H3. The Morgan fingerprint density at radius 1 is 1.53 bits per heavy atom. The third-order valence-corrected chi connectivity index (χ3v) is 2.31. The molecule has 0 heterocycles. The Labute approximate surface area is 92.2 Å². The molecular weight excluding hydrogens is 218 g/mol. The number of ether oxygens (including phenoxy) is 1. The molecule has 5 heteroatoms. The summed E-state index contributed by atoms with van der Waals surface area (Å²) in [6.07, 6.45) is 0. The van der Waals surface area contributed by atoms with Crippen molar-refractivity contribution in [2.75, 3.05) is 7.11 Å². The molecule has 0 bridgehead atoms. The van der Waals surface area contributed by atoms with Gasteiger partial charge in [0.05, 0.1) is 7.11 Å². The molecule has 0 amide bonds. The van der Waals surface area contributed by atoms with Crippen molar-refractivity contribution < 1.29 is 9.53 Å². The van der Waals surface area contributed by atoms with Gasteiger partial charge in [0.2, 0.25) is 6.04 Å². The highest BCUT2D eigenvalue weighted by Crippen LogP contribution is 2.23. The normalized spacial score (nSPS) is 11.9. The summed E-state index contributed by atoms with van der Waals surface area (Å²) in [5.41, 5.74) is 1.20. The quantitative estimate of drug-likeness (QED) is 0.451. The highest BCUT2D eigenvalue weighted by Gasteiger charge is 2.24. The molecule has 0 saturated carbocycles. The molecule has 1 unspecified atom stereocenters. The van der Waals surface area contributed by atoms with Crippen molar-refractivity contribution in [2.24, 2.45) is 5.18 Å². The lowest BCUT2D eigenvalue weighted by atomic mass is 10.0. The number of benzene rings is 1. The first-order valence-corrected chi connectivity index (χ1v) is 4.82. The largest absolute Gasteiger partial charge is 0.467 e. The van der Waals surface area contributed by atoms with E-state index in [9.17, 15) is 9.70 Å². The molecule has 1 rings (SSSR count). The van der Waals surface area contributed by atoms with Crippen LogP contribution in [0.5, 0.6) is 0 Å². The number of hydrogen-bond donors (Lipinski definition) is 0. The summed E-state index contributed by atoms with van der Waals surface area (Å²) in [7, 11) is 1.21. The molecule has 0 aliphatic heterocycles. The summed E-state index contributed by atoms with van der Waals surface area (Å²) in [6, 6.07) is 5.74. The first kappa shape index (κ1) is 11.7. The van der Waals surface area contributed by atoms with Crippen molar-refractivity contribution in [2.45, 2.75) is 11.9 Å². The Kier molecular flexibility index (Phi) is 4.24. The third-order valence-electron chi connectivity index (χ3n) is 2.02. The molecule has 0 saturated heterocycles. The van der Waals surface area contributed by atoms with Crippen molar-refractivity contribution in [3.05, 3.63) is 40.3 Å². The van der Waals surface area contributed by atoms with Gasteiger partial charge in [-0.25, -0.2) is 4.79 Å². The van der Waals surface area contributed by atoms with Crippen molar-refractivity contribution in [3.8, 4) is 0 Å². The number of nitrogens with zero attached hydrogens (tertiary/aromatic N) is 1. The first-order valence-electron chi connectivity index (χ1n) is 4.28. The number of methoxy groups -OCH3 is 1. The molecule has 0 aromatic heterocycles. The lowest BCUT2D eigenvalue weighted by molar-refractivity contribution is -0.142. The van der Waals surface area contributed by atoms with E-state index in [0.717, 1.165) is 0 Å². The van der Waals surface area contributed by atoms with Gasteiger partial charge in [-0.1, -0.05) is 24.3 Å². The number of nitroso groups, excluding NO2 is 1. The number of carbonyl (C=O) groups excluding carboxylic acids is 1. The predicted octanol–water partition coefficient (Wildman–Crippen LogP) is 2.41. The molecule has 0 spiro atoms. The van der Waals surface area contributed by atoms with Crippen molar-refractivity contribution in [3.63, 3.8) is 0 Å². The molecule has 4 nitrogen and oxygen atoms in total. The maximum absolute atomic E-state index is 11.3. The van der Waals surface area contributed by atoms with E-state index < -0.39 is 12.0 Å². The summed E-state index contributed by atoms with van der Waals surface area (Å²) in [4.78, 5) is 21.8. The molecule has 80 valence electrons. The molecular formula is C10H10ClNO3. The van der Waals surface area contributed by atoms with Gasteiger partial charge in [-0.15, -0.1) is 16.5 Å². The average molecular weight is 228 g/mol. The molecule has 0 aliphatic rings. The molecule has 1 aromatic rings. The maximum Gasteiger partial charge on any atom is 0.338 e. The lowest BCUT2D eigenvalue weighted by Crippen LogP contribution is -2.13. The van der Waals surface area contributed by atoms with E-state index in [1.807, 2.05) is 0 Å². The van der Waals surface area contributed by atoms with E-state index in [-0.39, 0.29) is 5.88 Å². The second-order valence-corrected chi connectivity index (χ2v) is 3.13. The third kappa shape index (κ3) is 2.53. The van der Waals surface area contributed by atoms with Crippen LogP contribution in [0.25, 0.3) is 0 Å². The zero-order chi connectivity index (χ0) is 11.3. The second kappa shape index (κ2) is 5.46. The predicted molar refractivity (Wildman–Crippen MR) is 56.6 cm³/mol. The van der Waals surface area contributed by atoms with Gasteiger partial charge in [0.25, 0.3) is 0 Å². The number of rotatable bonds is 4. The van der Waals surface area contributed by atoms with Gasteiger partial charge < -0.3 is 4.74 Å². The van der Waals surface area contributed by atoms with Gasteiger partial charge in [-0.05, 0) is 16.3 Å². The van der Waals surface area contributed by atoms with Gasteiger partial charge in [-0.2, -0.15) is 0 Å². The molecule has 0 fully saturated rings. The highest BCUT2D eigenvalue weighted by molar-refractivity contribution is 6.17. The van der Waals surface area contributed by atoms with E-state index in [0.29, 0.717) is 11.1 Å². The van der Waals surface area contributed by atoms with E-state index in [1.54, 1.807) is 24.3 Å². The van der Waals surface area contributed by atoms with Gasteiger partial charge in [0, 0.05) is 5.88 Å². The van der Waals surface area contributed by atoms with Crippen LogP contribution in [-0.4, -0.2) is 13.1 Å². The molecule has 15 heavy (non-hydrogen) atoms. The smallest absolute Gasteiger partial charge is 0.338 e. The van der Waals surface area contributed by atoms with Crippen LogP contribution in [0.1, 0.15) is 17.2 Å². The fourth-order valence-electron chi connectivity index (χ4n) is 1.26. The number of hydrogen-bond acceptors (Lipinski definition) is 4. The summed E-state index contributed by atoms with van der Waals surface area (Å²) >= 11 is 5.69. The van der Waals surface area contributed by atoms with Crippen LogP contribution in [0.3, 0.4) is 0 Å². The van der Waals surface area contributed by atoms with Crippen LogP contribution in [0.4, 0.5) is 0 Å². The van der Waals surface area contributed by atoms with Crippen molar-refractivity contribution in [1.29, 1.82) is 0 Å². The lowest BCUT2D eigenvalue weighted by Gasteiger charge is -2.10. The Morgan fingerprint density at radius 2 is 2.20 bits per heavy atom. The van der Waals surface area contributed by atoms with Crippen molar-refractivity contribution in [1.82, 2.24) is 0 Å². The minimum absolute atomic E-state index is 0.221. The van der Waals surface area contributed by atoms with Crippen molar-refractivity contribution >= 4 is 17.6 Å². The van der Waals surface area contributed by atoms with Crippen LogP contribution in [0.2, 0.25) is 0 Å². The minimum Gasteiger partial charge on any atom is -0.467 e. The zero-order valence-electron chi connectivity index (χ0n) is 8.14. The van der Waals surface area contributed by atoms with Gasteiger partial charge in [-0.3, -0.25) is 0 Å². The molecule has 1 atom stereocenters. The monoisotopic (exact) mass is 227 g/mol. The van der Waals surface area contributed by atoms with E-state index >= 15 is 0 Å². The number of esters is 1. The number of carbonyl (C=O) groups is 1. The molecule has 0 N–H and O–H groups in total. The summed E-state index contributed by atoms with van der Waals surface area (Å²) < 4.78 is 4.48. The number of alkyl halides is 1. The minimum atomic E-state index is -1.13. The van der Waals surface area contributed by atoms with Crippen LogP contribution in [-0.2, 0) is 15.4 Å². The summed E-state index contributed by atoms with van der Waals surface area (Å²) in [5, 5.41) is 2.75. The Morgan fingerprint density at radius 3 is 2.73 bits per heavy atom. The van der Waals surface area contributed by atoms with Crippen LogP contribution < -0.4 is 0 Å². The molecule has 0 radical (unpaired) electrons. The second-order valence-electron chi connectivity index (χ2n) is 2.86. The Balaban J connectivity index is 3.11. The topological polar surface area (TPSA) is 55.7 Å². The summed E-state index contributed by atoms with van der Waals surface area (Å²) in [6.45, 7) is 0. The fourth-order valence-corrected chi connectivity index (χ4v) is 1.50.